The number of rotatable bonds is 3. The summed E-state index contributed by atoms with van der Waals surface area (Å²) in [4.78, 5) is 29.4. The third kappa shape index (κ3) is 1.81. The van der Waals surface area contributed by atoms with E-state index in [0.717, 1.165) is 4.90 Å². The van der Waals surface area contributed by atoms with Gasteiger partial charge in [-0.05, 0) is 12.1 Å². The van der Waals surface area contributed by atoms with Gasteiger partial charge in [0.25, 0.3) is 11.8 Å². The highest BCUT2D eigenvalue weighted by atomic mass is 16.5. The number of nitrogens with zero attached hydrogens (tertiary/aromatic N) is 3. The molecule has 1 aromatic carbocycles. The molecule has 0 N–H and O–H groups in total. The summed E-state index contributed by atoms with van der Waals surface area (Å²) >= 11 is 0. The van der Waals surface area contributed by atoms with Crippen molar-refractivity contribution in [2.45, 2.75) is 19.9 Å². The summed E-state index contributed by atoms with van der Waals surface area (Å²) in [6.07, 6.45) is 0.644. The molecule has 19 heavy (non-hydrogen) atoms. The monoisotopic (exact) mass is 257 g/mol. The quantitative estimate of drug-likeness (QED) is 0.777. The molecule has 0 spiro atoms. The third-order valence-electron chi connectivity index (χ3n) is 3.00. The zero-order valence-electron chi connectivity index (χ0n) is 10.3. The fraction of sp³-hybridized carbons (Fsp3) is 0.231. The van der Waals surface area contributed by atoms with Crippen LogP contribution in [0, 0.1) is 0 Å². The minimum atomic E-state index is -0.322. The van der Waals surface area contributed by atoms with Crippen molar-refractivity contribution in [3.8, 4) is 0 Å². The fourth-order valence-corrected chi connectivity index (χ4v) is 2.02. The molecule has 1 aromatic heterocycles. The Labute approximate surface area is 109 Å². The molecular weight excluding hydrogens is 246 g/mol. The first kappa shape index (κ1) is 11.6. The lowest BCUT2D eigenvalue weighted by Crippen LogP contribution is -2.29. The van der Waals surface area contributed by atoms with Crippen LogP contribution in [0.25, 0.3) is 0 Å². The highest BCUT2D eigenvalue weighted by Gasteiger charge is 2.36. The molecule has 6 heteroatoms. The van der Waals surface area contributed by atoms with Gasteiger partial charge in [0.2, 0.25) is 5.89 Å². The van der Waals surface area contributed by atoms with Gasteiger partial charge in [0.1, 0.15) is 6.54 Å². The van der Waals surface area contributed by atoms with Gasteiger partial charge < -0.3 is 4.52 Å². The molecule has 3 rings (SSSR count). The number of hydrogen-bond acceptors (Lipinski definition) is 5. The predicted molar refractivity (Wildman–Crippen MR) is 64.3 cm³/mol. The van der Waals surface area contributed by atoms with E-state index in [1.165, 1.54) is 0 Å². The summed E-state index contributed by atoms with van der Waals surface area (Å²) < 4.78 is 5.01. The van der Waals surface area contributed by atoms with Gasteiger partial charge in [-0.15, -0.1) is 0 Å². The number of hydrogen-bond donors (Lipinski definition) is 0. The maximum atomic E-state index is 12.1. The lowest BCUT2D eigenvalue weighted by atomic mass is 10.1. The van der Waals surface area contributed by atoms with Crippen LogP contribution in [0.3, 0.4) is 0 Å². The summed E-state index contributed by atoms with van der Waals surface area (Å²) in [6, 6.07) is 6.74. The number of carbonyl (C=O) groups is 2. The first-order valence-corrected chi connectivity index (χ1v) is 5.97. The molecule has 1 aliphatic rings. The molecule has 0 saturated carbocycles. The predicted octanol–water partition coefficient (Wildman–Crippen LogP) is 1.43. The Morgan fingerprint density at radius 3 is 2.32 bits per heavy atom. The Hall–Kier alpha value is -2.50. The zero-order valence-corrected chi connectivity index (χ0v) is 10.3. The van der Waals surface area contributed by atoms with Gasteiger partial charge in [-0.3, -0.25) is 14.5 Å². The van der Waals surface area contributed by atoms with E-state index in [0.29, 0.717) is 23.4 Å². The number of aryl methyl sites for hydroxylation is 1. The average Bonchev–Trinajstić information content (AvgIpc) is 2.99. The van der Waals surface area contributed by atoms with Gasteiger partial charge >= 0.3 is 0 Å². The van der Waals surface area contributed by atoms with Crippen LogP contribution in [0.5, 0.6) is 0 Å². The van der Waals surface area contributed by atoms with Crippen LogP contribution < -0.4 is 0 Å². The molecule has 2 amide bonds. The standard InChI is InChI=1S/C13H11N3O3/c1-2-10-14-11(19-15-10)7-16-12(17)8-5-3-4-6-9(8)13(16)18/h3-6H,2,7H2,1H3. The molecule has 0 aliphatic carbocycles. The van der Waals surface area contributed by atoms with Crippen molar-refractivity contribution in [1.82, 2.24) is 15.0 Å². The molecule has 0 unspecified atom stereocenters. The zero-order chi connectivity index (χ0) is 13.4. The number of carbonyl (C=O) groups excluding carboxylic acids is 2. The van der Waals surface area contributed by atoms with Crippen molar-refractivity contribution in [2.24, 2.45) is 0 Å². The highest BCUT2D eigenvalue weighted by Crippen LogP contribution is 2.23. The maximum absolute atomic E-state index is 12.1. The second-order valence-electron chi connectivity index (χ2n) is 4.20. The van der Waals surface area contributed by atoms with Gasteiger partial charge in [-0.1, -0.05) is 24.2 Å². The van der Waals surface area contributed by atoms with E-state index in [1.807, 2.05) is 6.92 Å². The summed E-state index contributed by atoms with van der Waals surface area (Å²) in [5.41, 5.74) is 0.838. The molecule has 2 aromatic rings. The van der Waals surface area contributed by atoms with E-state index in [2.05, 4.69) is 10.1 Å². The minimum Gasteiger partial charge on any atom is -0.337 e. The Kier molecular flexibility index (Phi) is 2.63. The Morgan fingerprint density at radius 2 is 1.79 bits per heavy atom. The largest absolute Gasteiger partial charge is 0.337 e. The molecule has 0 atom stereocenters. The third-order valence-corrected chi connectivity index (χ3v) is 3.00. The first-order valence-electron chi connectivity index (χ1n) is 5.97. The van der Waals surface area contributed by atoms with Gasteiger partial charge in [0.05, 0.1) is 11.1 Å². The minimum absolute atomic E-state index is 0.0132. The van der Waals surface area contributed by atoms with Gasteiger partial charge in [0.15, 0.2) is 5.82 Å². The van der Waals surface area contributed by atoms with E-state index >= 15 is 0 Å². The number of imide groups is 1. The Balaban J connectivity index is 1.88. The SMILES string of the molecule is CCc1noc(CN2C(=O)c3ccccc3C2=O)n1. The smallest absolute Gasteiger partial charge is 0.262 e. The van der Waals surface area contributed by atoms with Crippen molar-refractivity contribution in [2.75, 3.05) is 0 Å². The van der Waals surface area contributed by atoms with Gasteiger partial charge in [-0.2, -0.15) is 4.98 Å². The van der Waals surface area contributed by atoms with Crippen molar-refractivity contribution in [1.29, 1.82) is 0 Å². The van der Waals surface area contributed by atoms with Crippen molar-refractivity contribution in [3.63, 3.8) is 0 Å². The van der Waals surface area contributed by atoms with Gasteiger partial charge in [0, 0.05) is 6.42 Å². The molecule has 0 radical (unpaired) electrons. The number of aromatic nitrogens is 2. The number of amides is 2. The molecule has 6 nitrogen and oxygen atoms in total. The number of benzene rings is 1. The van der Waals surface area contributed by atoms with Crippen LogP contribution in [0.4, 0.5) is 0 Å². The summed E-state index contributed by atoms with van der Waals surface area (Å²) in [6.45, 7) is 1.91. The number of fused-ring (bicyclic) bond motifs is 1. The van der Waals surface area contributed by atoms with E-state index in [4.69, 9.17) is 4.52 Å². The first-order chi connectivity index (χ1) is 9.20. The Morgan fingerprint density at radius 1 is 1.16 bits per heavy atom. The molecule has 0 bridgehead atoms. The lowest BCUT2D eigenvalue weighted by Gasteiger charge is -2.09. The summed E-state index contributed by atoms with van der Waals surface area (Å²) in [5.74, 6) is 0.187. The molecular formula is C13H11N3O3. The molecule has 2 heterocycles. The fourth-order valence-electron chi connectivity index (χ4n) is 2.02. The molecule has 1 aliphatic heterocycles. The second-order valence-corrected chi connectivity index (χ2v) is 4.20. The Bertz CT molecular complexity index is 628. The van der Waals surface area contributed by atoms with Gasteiger partial charge in [-0.25, -0.2) is 0 Å². The van der Waals surface area contributed by atoms with E-state index in [1.54, 1.807) is 24.3 Å². The van der Waals surface area contributed by atoms with Crippen molar-refractivity contribution < 1.29 is 14.1 Å². The van der Waals surface area contributed by atoms with Crippen LogP contribution in [0.1, 0.15) is 39.4 Å². The normalized spacial score (nSPS) is 14.1. The highest BCUT2D eigenvalue weighted by molar-refractivity contribution is 6.21. The van der Waals surface area contributed by atoms with E-state index in [9.17, 15) is 9.59 Å². The van der Waals surface area contributed by atoms with Crippen LogP contribution in [-0.2, 0) is 13.0 Å². The van der Waals surface area contributed by atoms with E-state index < -0.39 is 0 Å². The van der Waals surface area contributed by atoms with E-state index in [-0.39, 0.29) is 24.2 Å². The summed E-state index contributed by atoms with van der Waals surface area (Å²) in [7, 11) is 0. The van der Waals surface area contributed by atoms with Crippen LogP contribution >= 0.6 is 0 Å². The summed E-state index contributed by atoms with van der Waals surface area (Å²) in [5, 5.41) is 3.74. The maximum Gasteiger partial charge on any atom is 0.262 e. The molecule has 0 fully saturated rings. The van der Waals surface area contributed by atoms with Crippen molar-refractivity contribution >= 4 is 11.8 Å². The van der Waals surface area contributed by atoms with Crippen LogP contribution in [-0.4, -0.2) is 26.9 Å². The topological polar surface area (TPSA) is 76.3 Å². The van der Waals surface area contributed by atoms with Crippen molar-refractivity contribution in [3.05, 3.63) is 47.1 Å². The lowest BCUT2D eigenvalue weighted by molar-refractivity contribution is 0.0625. The van der Waals surface area contributed by atoms with Crippen LogP contribution in [0.15, 0.2) is 28.8 Å². The average molecular weight is 257 g/mol. The molecule has 0 saturated heterocycles. The second kappa shape index (κ2) is 4.31. The van der Waals surface area contributed by atoms with Crippen LogP contribution in [0.2, 0.25) is 0 Å². The molecule has 96 valence electrons.